The number of rotatable bonds is 2. The third-order valence-electron chi connectivity index (χ3n) is 3.20. The van der Waals surface area contributed by atoms with Crippen LogP contribution in [0.4, 0.5) is 0 Å². The summed E-state index contributed by atoms with van der Waals surface area (Å²) in [7, 11) is 0. The van der Waals surface area contributed by atoms with Crippen LogP contribution in [0.3, 0.4) is 0 Å². The summed E-state index contributed by atoms with van der Waals surface area (Å²) in [6, 6.07) is 5.92. The van der Waals surface area contributed by atoms with E-state index in [2.05, 4.69) is 22.0 Å². The molecule has 2 heteroatoms. The van der Waals surface area contributed by atoms with Gasteiger partial charge in [0.2, 0.25) is 0 Å². The summed E-state index contributed by atoms with van der Waals surface area (Å²) >= 11 is 3.49. The Morgan fingerprint density at radius 2 is 2.06 bits per heavy atom. The Morgan fingerprint density at radius 3 is 2.82 bits per heavy atom. The maximum Gasteiger partial charge on any atom is 0.189 e. The first-order valence-corrected chi connectivity index (χ1v) is 6.97. The summed E-state index contributed by atoms with van der Waals surface area (Å²) in [5.74, 6) is 0.193. The van der Waals surface area contributed by atoms with Crippen molar-refractivity contribution in [1.82, 2.24) is 0 Å². The van der Waals surface area contributed by atoms with Gasteiger partial charge >= 0.3 is 0 Å². The molecular formula is C15H17BrO. The summed E-state index contributed by atoms with van der Waals surface area (Å²) in [6.45, 7) is 2.03. The van der Waals surface area contributed by atoms with Crippen molar-refractivity contribution in [3.05, 3.63) is 45.4 Å². The summed E-state index contributed by atoms with van der Waals surface area (Å²) in [6.07, 6.45) is 7.70. The standard InChI is InChI=1S/C15H17BrO/c1-11-8-9-13(14(16)10-11)15(17)12-6-4-2-3-5-7-12/h6,8-10H,2-5,7H2,1H3. The first kappa shape index (κ1) is 12.6. The topological polar surface area (TPSA) is 17.1 Å². The maximum absolute atomic E-state index is 12.4. The quantitative estimate of drug-likeness (QED) is 0.714. The molecule has 0 saturated carbocycles. The van der Waals surface area contributed by atoms with Crippen LogP contribution in [0.1, 0.15) is 48.0 Å². The lowest BCUT2D eigenvalue weighted by Crippen LogP contribution is -2.04. The van der Waals surface area contributed by atoms with Gasteiger partial charge in [-0.1, -0.05) is 34.5 Å². The van der Waals surface area contributed by atoms with E-state index in [9.17, 15) is 4.79 Å². The van der Waals surface area contributed by atoms with Crippen LogP contribution >= 0.6 is 15.9 Å². The molecule has 2 rings (SSSR count). The summed E-state index contributed by atoms with van der Waals surface area (Å²) in [5.41, 5.74) is 2.96. The highest BCUT2D eigenvalue weighted by atomic mass is 79.9. The van der Waals surface area contributed by atoms with Gasteiger partial charge in [0.25, 0.3) is 0 Å². The van der Waals surface area contributed by atoms with Crippen LogP contribution in [0.25, 0.3) is 0 Å². The third-order valence-corrected chi connectivity index (χ3v) is 3.86. The van der Waals surface area contributed by atoms with E-state index in [0.717, 1.165) is 34.9 Å². The summed E-state index contributed by atoms with van der Waals surface area (Å²) in [4.78, 5) is 12.4. The van der Waals surface area contributed by atoms with E-state index in [1.165, 1.54) is 18.4 Å². The normalized spacial score (nSPS) is 16.2. The van der Waals surface area contributed by atoms with E-state index in [0.29, 0.717) is 0 Å². The number of benzene rings is 1. The van der Waals surface area contributed by atoms with Crippen LogP contribution in [0.2, 0.25) is 0 Å². The van der Waals surface area contributed by atoms with Crippen molar-refractivity contribution in [3.8, 4) is 0 Å². The first-order chi connectivity index (χ1) is 8.18. The number of carbonyl (C=O) groups is 1. The molecule has 0 heterocycles. The Balaban J connectivity index is 2.27. The van der Waals surface area contributed by atoms with Crippen LogP contribution in [0.5, 0.6) is 0 Å². The second-order valence-electron chi connectivity index (χ2n) is 4.64. The average Bonchev–Trinajstić information content (AvgIpc) is 2.56. The SMILES string of the molecule is Cc1ccc(C(=O)C2=CCCCCC2)c(Br)c1. The average molecular weight is 293 g/mol. The fourth-order valence-corrected chi connectivity index (χ4v) is 2.87. The molecule has 0 unspecified atom stereocenters. The Hall–Kier alpha value is -0.890. The molecule has 0 N–H and O–H groups in total. The number of halogens is 1. The molecule has 1 aliphatic rings. The van der Waals surface area contributed by atoms with Crippen LogP contribution in [0, 0.1) is 6.92 Å². The van der Waals surface area contributed by atoms with Gasteiger partial charge in [-0.15, -0.1) is 0 Å². The zero-order chi connectivity index (χ0) is 12.3. The molecule has 0 spiro atoms. The monoisotopic (exact) mass is 292 g/mol. The van der Waals surface area contributed by atoms with Gasteiger partial charge in [-0.2, -0.15) is 0 Å². The van der Waals surface area contributed by atoms with E-state index in [1.807, 2.05) is 25.1 Å². The van der Waals surface area contributed by atoms with Gasteiger partial charge in [-0.25, -0.2) is 0 Å². The second kappa shape index (κ2) is 5.63. The van der Waals surface area contributed by atoms with Crippen molar-refractivity contribution < 1.29 is 4.79 Å². The molecule has 0 aliphatic heterocycles. The van der Waals surface area contributed by atoms with Crippen molar-refractivity contribution in [2.45, 2.75) is 39.0 Å². The number of allylic oxidation sites excluding steroid dienone is 2. The fourth-order valence-electron chi connectivity index (χ4n) is 2.20. The molecule has 1 nitrogen and oxygen atoms in total. The molecule has 0 atom stereocenters. The van der Waals surface area contributed by atoms with Gasteiger partial charge in [-0.3, -0.25) is 4.79 Å². The van der Waals surface area contributed by atoms with Gasteiger partial charge in [0.05, 0.1) is 0 Å². The van der Waals surface area contributed by atoms with Crippen LogP contribution < -0.4 is 0 Å². The molecule has 17 heavy (non-hydrogen) atoms. The highest BCUT2D eigenvalue weighted by molar-refractivity contribution is 9.10. The minimum absolute atomic E-state index is 0.193. The van der Waals surface area contributed by atoms with Gasteiger partial charge in [0, 0.05) is 10.0 Å². The Kier molecular flexibility index (Phi) is 4.16. The van der Waals surface area contributed by atoms with Crippen LogP contribution in [0.15, 0.2) is 34.3 Å². The van der Waals surface area contributed by atoms with Gasteiger partial charge in [-0.05, 0) is 55.9 Å². The van der Waals surface area contributed by atoms with Crippen molar-refractivity contribution >= 4 is 21.7 Å². The molecule has 0 amide bonds. The molecule has 1 aromatic carbocycles. The van der Waals surface area contributed by atoms with E-state index < -0.39 is 0 Å². The minimum atomic E-state index is 0.193. The highest BCUT2D eigenvalue weighted by Gasteiger charge is 2.16. The van der Waals surface area contributed by atoms with Gasteiger partial charge in [0.15, 0.2) is 5.78 Å². The zero-order valence-corrected chi connectivity index (χ0v) is 11.7. The van der Waals surface area contributed by atoms with Crippen LogP contribution in [-0.2, 0) is 0 Å². The number of ketones is 1. The number of hydrogen-bond acceptors (Lipinski definition) is 1. The molecule has 1 aliphatic carbocycles. The molecule has 0 radical (unpaired) electrons. The van der Waals surface area contributed by atoms with E-state index in [1.54, 1.807) is 0 Å². The van der Waals surface area contributed by atoms with Crippen molar-refractivity contribution in [2.24, 2.45) is 0 Å². The van der Waals surface area contributed by atoms with Gasteiger partial charge < -0.3 is 0 Å². The lowest BCUT2D eigenvalue weighted by atomic mass is 9.99. The maximum atomic E-state index is 12.4. The zero-order valence-electron chi connectivity index (χ0n) is 10.1. The van der Waals surface area contributed by atoms with Gasteiger partial charge in [0.1, 0.15) is 0 Å². The summed E-state index contributed by atoms with van der Waals surface area (Å²) < 4.78 is 0.910. The lowest BCUT2D eigenvalue weighted by Gasteiger charge is -2.07. The lowest BCUT2D eigenvalue weighted by molar-refractivity contribution is 0.102. The number of hydrogen-bond donors (Lipinski definition) is 0. The Bertz CT molecular complexity index is 460. The van der Waals surface area contributed by atoms with E-state index in [4.69, 9.17) is 0 Å². The molecule has 0 aromatic heterocycles. The smallest absolute Gasteiger partial charge is 0.189 e. The molecule has 0 bridgehead atoms. The van der Waals surface area contributed by atoms with E-state index >= 15 is 0 Å². The highest BCUT2D eigenvalue weighted by Crippen LogP contribution is 2.25. The second-order valence-corrected chi connectivity index (χ2v) is 5.50. The molecular weight excluding hydrogens is 276 g/mol. The van der Waals surface area contributed by atoms with E-state index in [-0.39, 0.29) is 5.78 Å². The fraction of sp³-hybridized carbons (Fsp3) is 0.400. The number of aryl methyl sites for hydroxylation is 1. The molecule has 90 valence electrons. The molecule has 0 fully saturated rings. The van der Waals surface area contributed by atoms with Crippen molar-refractivity contribution in [1.29, 1.82) is 0 Å². The third kappa shape index (κ3) is 3.06. The summed E-state index contributed by atoms with van der Waals surface area (Å²) in [5, 5.41) is 0. The molecule has 0 saturated heterocycles. The number of Topliss-reactive ketones (excluding diaryl/α,β-unsaturated/α-hetero) is 1. The minimum Gasteiger partial charge on any atom is -0.289 e. The predicted molar refractivity (Wildman–Crippen MR) is 74.4 cm³/mol. The van der Waals surface area contributed by atoms with Crippen LogP contribution in [-0.4, -0.2) is 5.78 Å². The first-order valence-electron chi connectivity index (χ1n) is 6.18. The van der Waals surface area contributed by atoms with Crippen molar-refractivity contribution in [3.63, 3.8) is 0 Å². The Morgan fingerprint density at radius 1 is 1.24 bits per heavy atom. The molecule has 1 aromatic rings. The largest absolute Gasteiger partial charge is 0.289 e. The predicted octanol–water partition coefficient (Wildman–Crippen LogP) is 4.83. The number of carbonyl (C=O) groups excluding carboxylic acids is 1. The van der Waals surface area contributed by atoms with Crippen molar-refractivity contribution in [2.75, 3.05) is 0 Å². The Labute approximate surface area is 111 Å².